The molecule has 5 heteroatoms. The van der Waals surface area contributed by atoms with E-state index in [2.05, 4.69) is 5.09 Å². The number of aliphatic hydroxyl groups is 1. The first-order valence-corrected chi connectivity index (χ1v) is 8.98. The Morgan fingerprint density at radius 2 is 1.39 bits per heavy atom. The quantitative estimate of drug-likeness (QED) is 0.279. The molecule has 0 amide bonds. The molecule has 0 heterocycles. The first-order valence-electron chi connectivity index (χ1n) is 5.43. The molecule has 0 aliphatic heterocycles. The summed E-state index contributed by atoms with van der Waals surface area (Å²) in [7, 11) is -0.829. The highest BCUT2D eigenvalue weighted by Crippen LogP contribution is 2.30. The van der Waals surface area contributed by atoms with Gasteiger partial charge in [0.25, 0.3) is 0 Å². The third-order valence-electron chi connectivity index (χ3n) is 2.36. The summed E-state index contributed by atoms with van der Waals surface area (Å²) in [6.45, 7) is 0. The van der Waals surface area contributed by atoms with Crippen LogP contribution in [0.15, 0.2) is 60.7 Å². The third kappa shape index (κ3) is 3.65. The summed E-state index contributed by atoms with van der Waals surface area (Å²) in [5, 5.41) is 15.0. The van der Waals surface area contributed by atoms with Gasteiger partial charge in [0.05, 0.1) is 0 Å². The van der Waals surface area contributed by atoms with E-state index in [1.807, 2.05) is 60.7 Å². The summed E-state index contributed by atoms with van der Waals surface area (Å²) in [6.07, 6.45) is 0. The van der Waals surface area contributed by atoms with E-state index in [9.17, 15) is 5.11 Å². The van der Waals surface area contributed by atoms with Crippen LogP contribution in [0, 0.1) is 0 Å². The molecule has 0 aliphatic rings. The van der Waals surface area contributed by atoms with Crippen LogP contribution in [0.5, 0.6) is 0 Å². The number of aliphatic hydroxyl groups excluding tert-OH is 1. The molecule has 3 nitrogen and oxygen atoms in total. The van der Waals surface area contributed by atoms with Gasteiger partial charge in [0.1, 0.15) is 4.23 Å². The van der Waals surface area contributed by atoms with Crippen molar-refractivity contribution in [3.63, 3.8) is 0 Å². The summed E-state index contributed by atoms with van der Waals surface area (Å²) >= 11 is -1.21. The first kappa shape index (κ1) is 13.7. The van der Waals surface area contributed by atoms with Crippen molar-refractivity contribution in [1.82, 2.24) is 5.09 Å². The largest absolute Gasteiger partial charge is 0.772 e. The van der Waals surface area contributed by atoms with Crippen LogP contribution in [0.1, 0.15) is 0 Å². The number of benzene rings is 2. The van der Waals surface area contributed by atoms with Crippen LogP contribution in [-0.4, -0.2) is 9.34 Å². The lowest BCUT2D eigenvalue weighted by atomic mass is 10.4. The van der Waals surface area contributed by atoms with Gasteiger partial charge in [0, 0.05) is 8.07 Å². The van der Waals surface area contributed by atoms with E-state index in [1.165, 1.54) is 0 Å². The second-order valence-corrected chi connectivity index (χ2v) is 7.27. The van der Waals surface area contributed by atoms with Gasteiger partial charge >= 0.3 is 0 Å². The zero-order valence-corrected chi connectivity index (χ0v) is 12.6. The Hall–Kier alpha value is -0.680. The van der Waals surface area contributed by atoms with E-state index in [4.69, 9.17) is 3.56 Å². The van der Waals surface area contributed by atoms with Crippen molar-refractivity contribution in [2.75, 3.05) is 0 Å². The normalized spacial score (nSPS) is 12.6. The van der Waals surface area contributed by atoms with Crippen LogP contribution >= 0.6 is 29.1 Å². The van der Waals surface area contributed by atoms with Gasteiger partial charge in [-0.05, 0) is 10.6 Å². The Morgan fingerprint density at radius 1 is 0.944 bits per heavy atom. The van der Waals surface area contributed by atoms with Gasteiger partial charge in [-0.25, -0.2) is 21.0 Å². The number of hydrogen-bond acceptors (Lipinski definition) is 2. The molecule has 0 saturated heterocycles. The fraction of sp³-hybridized carbons (Fsp3) is 0.0769. The number of halogens is 1. The number of nitrogens with one attached hydrogen (secondary N) is 1. The van der Waals surface area contributed by atoms with Crippen molar-refractivity contribution < 1.29 is 5.11 Å². The number of alkyl halides is 1. The molecular weight excluding hydrogens is 358 g/mol. The third-order valence-corrected chi connectivity index (χ3v) is 5.82. The van der Waals surface area contributed by atoms with Gasteiger partial charge in [-0.1, -0.05) is 60.7 Å². The Labute approximate surface area is 118 Å². The van der Waals surface area contributed by atoms with Gasteiger partial charge in [-0.3, -0.25) is 5.09 Å². The minimum atomic E-state index is -1.21. The predicted octanol–water partition coefficient (Wildman–Crippen LogP) is 2.62. The Kier molecular flexibility index (Phi) is 5.38. The average Bonchev–Trinajstić information content (AvgIpc) is 2.46. The van der Waals surface area contributed by atoms with Crippen LogP contribution in [0.3, 0.4) is 0 Å². The monoisotopic (exact) mass is 371 g/mol. The summed E-state index contributed by atoms with van der Waals surface area (Å²) in [4.78, 5) is 0. The molecule has 2 N–H and O–H groups in total. The number of hydrogen-bond donors (Lipinski definition) is 2. The second kappa shape index (κ2) is 7.04. The molecule has 0 aromatic heterocycles. The van der Waals surface area contributed by atoms with Crippen molar-refractivity contribution in [2.24, 2.45) is 0 Å². The molecule has 18 heavy (non-hydrogen) atoms. The van der Waals surface area contributed by atoms with E-state index in [0.717, 1.165) is 10.6 Å². The topological polar surface area (TPSA) is 54.6 Å². The van der Waals surface area contributed by atoms with Crippen LogP contribution in [0.25, 0.3) is 3.56 Å². The van der Waals surface area contributed by atoms with E-state index in [0.29, 0.717) is 0 Å². The van der Waals surface area contributed by atoms with E-state index >= 15 is 0 Å². The SMILES string of the molecule is [N-]=I[C@@H](O)NP(c1ccccc1)c1ccccc1. The van der Waals surface area contributed by atoms with Crippen molar-refractivity contribution in [1.29, 1.82) is 0 Å². The van der Waals surface area contributed by atoms with Crippen molar-refractivity contribution in [3.05, 3.63) is 64.2 Å². The first-order chi connectivity index (χ1) is 8.81. The Bertz CT molecular complexity index is 455. The van der Waals surface area contributed by atoms with Crippen LogP contribution in [-0.2, 0) is 0 Å². The lowest BCUT2D eigenvalue weighted by Gasteiger charge is -2.22. The molecule has 2 rings (SSSR count). The van der Waals surface area contributed by atoms with Gasteiger partial charge in [-0.15, -0.1) is 0 Å². The maximum atomic E-state index is 9.65. The lowest BCUT2D eigenvalue weighted by molar-refractivity contribution is 0.272. The van der Waals surface area contributed by atoms with Crippen LogP contribution in [0.2, 0.25) is 0 Å². The smallest absolute Gasteiger partial charge is 0.136 e. The second-order valence-electron chi connectivity index (χ2n) is 3.57. The molecule has 0 bridgehead atoms. The molecule has 0 aliphatic carbocycles. The molecule has 0 spiro atoms. The Balaban J connectivity index is 2.32. The molecule has 0 unspecified atom stereocenters. The van der Waals surface area contributed by atoms with Crippen LogP contribution in [0.4, 0.5) is 0 Å². The summed E-state index contributed by atoms with van der Waals surface area (Å²) < 4.78 is 8.29. The molecule has 0 fully saturated rings. The molecule has 2 aromatic rings. The molecule has 0 radical (unpaired) electrons. The number of nitrogens with zero attached hydrogens (tertiary/aromatic N) is 1. The average molecular weight is 371 g/mol. The Morgan fingerprint density at radius 3 is 1.78 bits per heavy atom. The van der Waals surface area contributed by atoms with Gasteiger partial charge < -0.3 is 8.67 Å². The maximum absolute atomic E-state index is 9.65. The molecule has 0 saturated carbocycles. The highest BCUT2D eigenvalue weighted by molar-refractivity contribution is 14.2. The predicted molar refractivity (Wildman–Crippen MR) is 85.6 cm³/mol. The van der Waals surface area contributed by atoms with Crippen molar-refractivity contribution in [2.45, 2.75) is 4.23 Å². The van der Waals surface area contributed by atoms with E-state index < -0.39 is 33.3 Å². The maximum Gasteiger partial charge on any atom is 0.136 e. The minimum Gasteiger partial charge on any atom is -0.772 e. The minimum absolute atomic E-state index is 0.796. The molecule has 94 valence electrons. The van der Waals surface area contributed by atoms with Crippen molar-refractivity contribution in [3.8, 4) is 0 Å². The van der Waals surface area contributed by atoms with E-state index in [-0.39, 0.29) is 0 Å². The van der Waals surface area contributed by atoms with Gasteiger partial charge in [0.2, 0.25) is 0 Å². The fourth-order valence-electron chi connectivity index (χ4n) is 1.58. The molecular formula is C13H13IN2OP-. The van der Waals surface area contributed by atoms with Gasteiger partial charge in [-0.2, -0.15) is 0 Å². The standard InChI is InChI=1S/C13H13IN2OP/c15-14-13(17)16-18(11-7-3-1-4-8-11)12-9-5-2-6-10-12/h1-10,13,16-17H/q-1/t13-/m1/s1. The zero-order chi connectivity index (χ0) is 12.8. The fourth-order valence-corrected chi connectivity index (χ4v) is 4.58. The highest BCUT2D eigenvalue weighted by atomic mass is 127. The zero-order valence-electron chi connectivity index (χ0n) is 9.57. The number of rotatable bonds is 5. The van der Waals surface area contributed by atoms with E-state index in [1.54, 1.807) is 0 Å². The summed E-state index contributed by atoms with van der Waals surface area (Å²) in [6, 6.07) is 20.0. The van der Waals surface area contributed by atoms with Crippen LogP contribution < -0.4 is 15.7 Å². The molecule has 2 aromatic carbocycles. The molecule has 1 atom stereocenters. The lowest BCUT2D eigenvalue weighted by Crippen LogP contribution is -2.28. The highest BCUT2D eigenvalue weighted by Gasteiger charge is 2.14. The van der Waals surface area contributed by atoms with Gasteiger partial charge in [0.15, 0.2) is 0 Å². The van der Waals surface area contributed by atoms with Crippen molar-refractivity contribution >= 4 is 39.7 Å². The summed E-state index contributed by atoms with van der Waals surface area (Å²) in [5.41, 5.74) is 0. The summed E-state index contributed by atoms with van der Waals surface area (Å²) in [5.74, 6) is 0.